The van der Waals surface area contributed by atoms with Gasteiger partial charge in [-0.3, -0.25) is 0 Å². The number of aryl methyl sites for hydroxylation is 2. The summed E-state index contributed by atoms with van der Waals surface area (Å²) in [4.78, 5) is 10.9. The van der Waals surface area contributed by atoms with E-state index in [-0.39, 0.29) is 5.76 Å². The van der Waals surface area contributed by atoms with Crippen LogP contribution in [0.5, 0.6) is 5.75 Å². The maximum absolute atomic E-state index is 10.9. The van der Waals surface area contributed by atoms with E-state index in [2.05, 4.69) is 5.32 Å². The van der Waals surface area contributed by atoms with Crippen LogP contribution in [0.4, 0.5) is 5.69 Å². The van der Waals surface area contributed by atoms with Gasteiger partial charge >= 0.3 is 5.97 Å². The van der Waals surface area contributed by atoms with Gasteiger partial charge in [-0.1, -0.05) is 11.6 Å². The molecule has 112 valence electrons. The van der Waals surface area contributed by atoms with E-state index in [1.165, 1.54) is 6.07 Å². The highest BCUT2D eigenvalue weighted by Gasteiger charge is 2.14. The summed E-state index contributed by atoms with van der Waals surface area (Å²) in [6, 6.07) is 5.14. The Morgan fingerprint density at radius 3 is 2.67 bits per heavy atom. The van der Waals surface area contributed by atoms with Crippen molar-refractivity contribution in [1.29, 1.82) is 0 Å². The van der Waals surface area contributed by atoms with Gasteiger partial charge in [-0.05, 0) is 31.5 Å². The largest absolute Gasteiger partial charge is 0.495 e. The van der Waals surface area contributed by atoms with E-state index in [0.717, 1.165) is 16.8 Å². The van der Waals surface area contributed by atoms with Crippen molar-refractivity contribution < 1.29 is 19.1 Å². The number of carboxylic acid groups (broad SMARTS) is 1. The first-order valence-electron chi connectivity index (χ1n) is 6.33. The number of anilines is 1. The minimum Gasteiger partial charge on any atom is -0.495 e. The molecule has 0 atom stereocenters. The Kier molecular flexibility index (Phi) is 4.43. The standard InChI is InChI=1S/C15H16ClNO4/c1-8-4-12(13(20-3)6-11(8)16)17-7-10-5-14(15(18)19)21-9(10)2/h4-6,17H,7H2,1-3H3,(H,18,19). The van der Waals surface area contributed by atoms with E-state index in [9.17, 15) is 4.79 Å². The van der Waals surface area contributed by atoms with Crippen molar-refractivity contribution in [2.24, 2.45) is 0 Å². The van der Waals surface area contributed by atoms with Crippen molar-refractivity contribution in [3.63, 3.8) is 0 Å². The maximum atomic E-state index is 10.9. The summed E-state index contributed by atoms with van der Waals surface area (Å²) in [5.41, 5.74) is 2.49. The summed E-state index contributed by atoms with van der Waals surface area (Å²) in [5.74, 6) is 0.0579. The number of furan rings is 1. The van der Waals surface area contributed by atoms with Gasteiger partial charge in [-0.2, -0.15) is 0 Å². The normalized spacial score (nSPS) is 10.5. The number of halogens is 1. The smallest absolute Gasteiger partial charge is 0.371 e. The monoisotopic (exact) mass is 309 g/mol. The topological polar surface area (TPSA) is 71.7 Å². The Bertz CT molecular complexity index is 679. The first-order valence-corrected chi connectivity index (χ1v) is 6.70. The fraction of sp³-hybridized carbons (Fsp3) is 0.267. The molecule has 0 aliphatic carbocycles. The molecule has 1 aromatic carbocycles. The second kappa shape index (κ2) is 6.10. The lowest BCUT2D eigenvalue weighted by molar-refractivity contribution is 0.0661. The molecule has 6 heteroatoms. The molecule has 0 saturated heterocycles. The zero-order chi connectivity index (χ0) is 15.6. The fourth-order valence-corrected chi connectivity index (χ4v) is 2.12. The molecule has 21 heavy (non-hydrogen) atoms. The summed E-state index contributed by atoms with van der Waals surface area (Å²) < 4.78 is 10.5. The van der Waals surface area contributed by atoms with Crippen molar-refractivity contribution in [3.8, 4) is 5.75 Å². The van der Waals surface area contributed by atoms with Crippen molar-refractivity contribution in [2.45, 2.75) is 20.4 Å². The number of carboxylic acids is 1. The molecule has 2 N–H and O–H groups in total. The van der Waals surface area contributed by atoms with E-state index in [1.54, 1.807) is 20.1 Å². The predicted octanol–water partition coefficient (Wildman–Crippen LogP) is 3.87. The first kappa shape index (κ1) is 15.3. The van der Waals surface area contributed by atoms with E-state index in [0.29, 0.717) is 23.1 Å². The summed E-state index contributed by atoms with van der Waals surface area (Å²) in [6.07, 6.45) is 0. The number of benzene rings is 1. The Balaban J connectivity index is 2.20. The molecule has 0 aliphatic heterocycles. The van der Waals surface area contributed by atoms with Crippen LogP contribution in [0.1, 0.15) is 27.4 Å². The highest BCUT2D eigenvalue weighted by molar-refractivity contribution is 6.31. The highest BCUT2D eigenvalue weighted by atomic mass is 35.5. The number of nitrogens with one attached hydrogen (secondary N) is 1. The lowest BCUT2D eigenvalue weighted by atomic mass is 10.2. The van der Waals surface area contributed by atoms with Crippen LogP contribution in [0, 0.1) is 13.8 Å². The van der Waals surface area contributed by atoms with Gasteiger partial charge in [0.05, 0.1) is 12.8 Å². The van der Waals surface area contributed by atoms with Gasteiger partial charge in [0.2, 0.25) is 5.76 Å². The fourth-order valence-electron chi connectivity index (χ4n) is 1.96. The van der Waals surface area contributed by atoms with Gasteiger partial charge in [-0.15, -0.1) is 0 Å². The molecule has 0 amide bonds. The number of ether oxygens (including phenoxy) is 1. The summed E-state index contributed by atoms with van der Waals surface area (Å²) in [6.45, 7) is 4.06. The van der Waals surface area contributed by atoms with Crippen LogP contribution < -0.4 is 10.1 Å². The third-order valence-electron chi connectivity index (χ3n) is 3.18. The third kappa shape index (κ3) is 3.31. The molecule has 0 unspecified atom stereocenters. The molecule has 1 heterocycles. The van der Waals surface area contributed by atoms with Crippen LogP contribution in [0.3, 0.4) is 0 Å². The highest BCUT2D eigenvalue weighted by Crippen LogP contribution is 2.31. The average Bonchev–Trinajstić information content (AvgIpc) is 2.81. The summed E-state index contributed by atoms with van der Waals surface area (Å²) >= 11 is 6.06. The van der Waals surface area contributed by atoms with Crippen LogP contribution in [-0.4, -0.2) is 18.2 Å². The molecule has 0 aliphatic rings. The Labute approximate surface area is 127 Å². The molecule has 5 nitrogen and oxygen atoms in total. The van der Waals surface area contributed by atoms with E-state index in [4.69, 9.17) is 25.9 Å². The van der Waals surface area contributed by atoms with Crippen molar-refractivity contribution >= 4 is 23.3 Å². The Hall–Kier alpha value is -2.14. The van der Waals surface area contributed by atoms with Crippen molar-refractivity contribution in [3.05, 3.63) is 45.9 Å². The minimum atomic E-state index is -1.08. The Morgan fingerprint density at radius 1 is 1.38 bits per heavy atom. The number of rotatable bonds is 5. The number of methoxy groups -OCH3 is 1. The van der Waals surface area contributed by atoms with Gasteiger partial charge in [0, 0.05) is 23.2 Å². The summed E-state index contributed by atoms with van der Waals surface area (Å²) in [7, 11) is 1.57. The van der Waals surface area contributed by atoms with Gasteiger partial charge in [0.1, 0.15) is 11.5 Å². The SMILES string of the molecule is COc1cc(Cl)c(C)cc1NCc1cc(C(=O)O)oc1C. The zero-order valence-electron chi connectivity index (χ0n) is 12.0. The molecule has 2 aromatic rings. The average molecular weight is 310 g/mol. The van der Waals surface area contributed by atoms with Gasteiger partial charge in [0.25, 0.3) is 0 Å². The van der Waals surface area contributed by atoms with Crippen molar-refractivity contribution in [1.82, 2.24) is 0 Å². The van der Waals surface area contributed by atoms with Crippen LogP contribution in [0.15, 0.2) is 22.6 Å². The number of hydrogen-bond donors (Lipinski definition) is 2. The van der Waals surface area contributed by atoms with Gasteiger partial charge in [-0.25, -0.2) is 4.79 Å². The molecule has 0 spiro atoms. The number of carbonyl (C=O) groups is 1. The molecule has 0 bridgehead atoms. The van der Waals surface area contributed by atoms with Crippen LogP contribution in [0.25, 0.3) is 0 Å². The molecular weight excluding hydrogens is 294 g/mol. The first-order chi connectivity index (χ1) is 9.92. The molecular formula is C15H16ClNO4. The number of hydrogen-bond acceptors (Lipinski definition) is 4. The molecule has 2 rings (SSSR count). The van der Waals surface area contributed by atoms with Gasteiger partial charge < -0.3 is 19.6 Å². The van der Waals surface area contributed by atoms with E-state index < -0.39 is 5.97 Å². The molecule has 0 saturated carbocycles. The van der Waals surface area contributed by atoms with Crippen LogP contribution in [0.2, 0.25) is 5.02 Å². The quantitative estimate of drug-likeness (QED) is 0.877. The number of aromatic carboxylic acids is 1. The summed E-state index contributed by atoms with van der Waals surface area (Å²) in [5, 5.41) is 12.7. The Morgan fingerprint density at radius 2 is 2.10 bits per heavy atom. The van der Waals surface area contributed by atoms with Crippen molar-refractivity contribution in [2.75, 3.05) is 12.4 Å². The van der Waals surface area contributed by atoms with E-state index in [1.807, 2.05) is 13.0 Å². The zero-order valence-corrected chi connectivity index (χ0v) is 12.7. The second-order valence-corrected chi connectivity index (χ2v) is 5.06. The lowest BCUT2D eigenvalue weighted by Crippen LogP contribution is -2.02. The lowest BCUT2D eigenvalue weighted by Gasteiger charge is -2.12. The minimum absolute atomic E-state index is 0.0662. The predicted molar refractivity (Wildman–Crippen MR) is 80.5 cm³/mol. The third-order valence-corrected chi connectivity index (χ3v) is 3.59. The van der Waals surface area contributed by atoms with Gasteiger partial charge in [0.15, 0.2) is 0 Å². The molecule has 0 radical (unpaired) electrons. The van der Waals surface area contributed by atoms with Crippen LogP contribution >= 0.6 is 11.6 Å². The maximum Gasteiger partial charge on any atom is 0.371 e. The second-order valence-electron chi connectivity index (χ2n) is 4.65. The van der Waals surface area contributed by atoms with E-state index >= 15 is 0 Å². The molecule has 1 aromatic heterocycles. The van der Waals surface area contributed by atoms with Crippen LogP contribution in [-0.2, 0) is 6.54 Å². The molecule has 0 fully saturated rings.